The molecule has 2 rings (SSSR count). The second-order valence-corrected chi connectivity index (χ2v) is 7.46. The van der Waals surface area contributed by atoms with Crippen molar-refractivity contribution in [3.8, 4) is 0 Å². The predicted molar refractivity (Wildman–Crippen MR) is 90.8 cm³/mol. The third kappa shape index (κ3) is 7.97. The zero-order chi connectivity index (χ0) is 18.2. The third-order valence-electron chi connectivity index (χ3n) is 4.21. The fraction of sp³-hybridized carbons (Fsp3) is 0.882. The van der Waals surface area contributed by atoms with Gasteiger partial charge in [0.25, 0.3) is 0 Å². The maximum atomic E-state index is 11.6. The summed E-state index contributed by atoms with van der Waals surface area (Å²) in [5.41, 5.74) is -0.426. The molecule has 0 unspecified atom stereocenters. The number of carboxylic acids is 1. The lowest BCUT2D eigenvalue weighted by Crippen LogP contribution is -2.42. The Morgan fingerprint density at radius 3 is 2.04 bits per heavy atom. The molecule has 7 heteroatoms. The van der Waals surface area contributed by atoms with Crippen LogP contribution in [-0.4, -0.2) is 65.6 Å². The number of aliphatic hydroxyl groups is 1. The smallest absolute Gasteiger partial charge is 0.410 e. The highest BCUT2D eigenvalue weighted by Crippen LogP contribution is 2.18. The number of carboxylic acid groups (broad SMARTS) is 1. The van der Waals surface area contributed by atoms with Gasteiger partial charge in [0, 0.05) is 19.7 Å². The van der Waals surface area contributed by atoms with Crippen molar-refractivity contribution < 1.29 is 24.5 Å². The Hall–Kier alpha value is -1.34. The molecule has 0 aliphatic carbocycles. The van der Waals surface area contributed by atoms with Crippen molar-refractivity contribution in [1.82, 2.24) is 10.2 Å². The monoisotopic (exact) mass is 344 g/mol. The van der Waals surface area contributed by atoms with Crippen LogP contribution in [0, 0.1) is 11.8 Å². The standard InChI is InChI=1S/C11H21NO3.C6H11NO2/c1-11(2,3)15-10(14)12-6-4-9(8-13)5-7-12;8-6(9)5-1-3-7-4-2-5/h9,13H,4-8H2,1-3H3;5,7H,1-4H2,(H,8,9). The molecule has 2 aliphatic heterocycles. The van der Waals surface area contributed by atoms with E-state index in [1.165, 1.54) is 0 Å². The summed E-state index contributed by atoms with van der Waals surface area (Å²) in [5.74, 6) is -0.383. The molecule has 2 heterocycles. The largest absolute Gasteiger partial charge is 0.481 e. The van der Waals surface area contributed by atoms with Crippen molar-refractivity contribution in [2.24, 2.45) is 11.8 Å². The number of ether oxygens (including phenoxy) is 1. The van der Waals surface area contributed by atoms with Gasteiger partial charge in [-0.15, -0.1) is 0 Å². The van der Waals surface area contributed by atoms with Crippen LogP contribution in [-0.2, 0) is 9.53 Å². The highest BCUT2D eigenvalue weighted by Gasteiger charge is 2.26. The van der Waals surface area contributed by atoms with Crippen LogP contribution in [0.4, 0.5) is 4.79 Å². The number of amides is 1. The number of aliphatic carboxylic acids is 1. The molecule has 7 nitrogen and oxygen atoms in total. The summed E-state index contributed by atoms with van der Waals surface area (Å²) < 4.78 is 5.27. The fourth-order valence-electron chi connectivity index (χ4n) is 2.69. The van der Waals surface area contributed by atoms with Gasteiger partial charge in [-0.05, 0) is 65.5 Å². The number of likely N-dealkylation sites (tertiary alicyclic amines) is 1. The molecular formula is C17H32N2O5. The second kappa shape index (κ2) is 9.84. The first kappa shape index (κ1) is 20.7. The molecule has 0 atom stereocenters. The normalized spacial score (nSPS) is 20.1. The molecule has 3 N–H and O–H groups in total. The summed E-state index contributed by atoms with van der Waals surface area (Å²) >= 11 is 0. The number of nitrogens with one attached hydrogen (secondary N) is 1. The van der Waals surface area contributed by atoms with Gasteiger partial charge < -0.3 is 25.2 Å². The topological polar surface area (TPSA) is 99.1 Å². The summed E-state index contributed by atoms with van der Waals surface area (Å²) in [7, 11) is 0. The lowest BCUT2D eigenvalue weighted by Gasteiger charge is -2.32. The number of nitrogens with zero attached hydrogens (tertiary/aromatic N) is 1. The molecular weight excluding hydrogens is 312 g/mol. The maximum absolute atomic E-state index is 11.6. The van der Waals surface area contributed by atoms with Gasteiger partial charge in [0.15, 0.2) is 0 Å². The van der Waals surface area contributed by atoms with Crippen molar-refractivity contribution in [2.75, 3.05) is 32.8 Å². The molecule has 0 aromatic heterocycles. The van der Waals surface area contributed by atoms with Crippen LogP contribution < -0.4 is 5.32 Å². The first-order valence-electron chi connectivity index (χ1n) is 8.75. The molecule has 2 aliphatic rings. The summed E-state index contributed by atoms with van der Waals surface area (Å²) in [5, 5.41) is 20.6. The summed E-state index contributed by atoms with van der Waals surface area (Å²) in [4.78, 5) is 23.7. The molecule has 2 saturated heterocycles. The van der Waals surface area contributed by atoms with E-state index in [2.05, 4.69) is 5.32 Å². The summed E-state index contributed by atoms with van der Waals surface area (Å²) in [6.07, 6.45) is 3.08. The Balaban J connectivity index is 0.000000272. The Morgan fingerprint density at radius 1 is 1.12 bits per heavy atom. The minimum Gasteiger partial charge on any atom is -0.481 e. The number of carbonyl (C=O) groups is 2. The Kier molecular flexibility index (Phi) is 8.48. The van der Waals surface area contributed by atoms with E-state index in [1.54, 1.807) is 4.90 Å². The van der Waals surface area contributed by atoms with E-state index >= 15 is 0 Å². The van der Waals surface area contributed by atoms with Crippen LogP contribution in [0.25, 0.3) is 0 Å². The highest BCUT2D eigenvalue weighted by atomic mass is 16.6. The molecule has 0 radical (unpaired) electrons. The van der Waals surface area contributed by atoms with E-state index in [4.69, 9.17) is 14.9 Å². The SMILES string of the molecule is CC(C)(C)OC(=O)N1CCC(CO)CC1.O=C(O)C1CCNCC1. The van der Waals surface area contributed by atoms with E-state index < -0.39 is 11.6 Å². The van der Waals surface area contributed by atoms with Crippen LogP contribution in [0.15, 0.2) is 0 Å². The summed E-state index contributed by atoms with van der Waals surface area (Å²) in [6, 6.07) is 0. The van der Waals surface area contributed by atoms with Crippen molar-refractivity contribution in [3.63, 3.8) is 0 Å². The molecule has 0 saturated carbocycles. The van der Waals surface area contributed by atoms with Gasteiger partial charge >= 0.3 is 12.1 Å². The zero-order valence-corrected chi connectivity index (χ0v) is 15.1. The number of rotatable bonds is 2. The number of aliphatic hydroxyl groups excluding tert-OH is 1. The van der Waals surface area contributed by atoms with Gasteiger partial charge in [-0.2, -0.15) is 0 Å². The van der Waals surface area contributed by atoms with Crippen molar-refractivity contribution >= 4 is 12.1 Å². The Morgan fingerprint density at radius 2 is 1.67 bits per heavy atom. The van der Waals surface area contributed by atoms with Crippen molar-refractivity contribution in [3.05, 3.63) is 0 Å². The minimum atomic E-state index is -0.642. The lowest BCUT2D eigenvalue weighted by molar-refractivity contribution is -0.142. The van der Waals surface area contributed by atoms with Crippen LogP contribution in [0.2, 0.25) is 0 Å². The van der Waals surface area contributed by atoms with Crippen LogP contribution in [0.1, 0.15) is 46.5 Å². The van der Waals surface area contributed by atoms with Crippen molar-refractivity contribution in [2.45, 2.75) is 52.1 Å². The third-order valence-corrected chi connectivity index (χ3v) is 4.21. The zero-order valence-electron chi connectivity index (χ0n) is 15.1. The van der Waals surface area contributed by atoms with Gasteiger partial charge in [-0.1, -0.05) is 0 Å². The van der Waals surface area contributed by atoms with E-state index in [9.17, 15) is 9.59 Å². The van der Waals surface area contributed by atoms with Gasteiger partial charge in [0.05, 0.1) is 5.92 Å². The van der Waals surface area contributed by atoms with E-state index in [1.807, 2.05) is 20.8 Å². The number of piperidine rings is 2. The van der Waals surface area contributed by atoms with Crippen LogP contribution >= 0.6 is 0 Å². The number of hydrogen-bond acceptors (Lipinski definition) is 5. The maximum Gasteiger partial charge on any atom is 0.410 e. The number of carbonyl (C=O) groups excluding carboxylic acids is 1. The molecule has 0 bridgehead atoms. The van der Waals surface area contributed by atoms with Crippen molar-refractivity contribution in [1.29, 1.82) is 0 Å². The number of hydrogen-bond donors (Lipinski definition) is 3. The van der Waals surface area contributed by atoms with E-state index in [0.29, 0.717) is 19.0 Å². The highest BCUT2D eigenvalue weighted by molar-refractivity contribution is 5.70. The molecule has 1 amide bonds. The van der Waals surface area contributed by atoms with E-state index in [-0.39, 0.29) is 18.6 Å². The van der Waals surface area contributed by atoms with Gasteiger partial charge in [-0.25, -0.2) is 4.79 Å². The molecule has 140 valence electrons. The average molecular weight is 344 g/mol. The molecule has 0 aromatic rings. The molecule has 0 spiro atoms. The first-order chi connectivity index (χ1) is 11.2. The quantitative estimate of drug-likeness (QED) is 0.705. The van der Waals surface area contributed by atoms with E-state index in [0.717, 1.165) is 38.8 Å². The van der Waals surface area contributed by atoms with Crippen LogP contribution in [0.3, 0.4) is 0 Å². The lowest BCUT2D eigenvalue weighted by atomic mass is 9.98. The first-order valence-corrected chi connectivity index (χ1v) is 8.75. The fourth-order valence-corrected chi connectivity index (χ4v) is 2.69. The summed E-state index contributed by atoms with van der Waals surface area (Å²) in [6.45, 7) is 8.93. The van der Waals surface area contributed by atoms with Gasteiger partial charge in [-0.3, -0.25) is 4.79 Å². The second-order valence-electron chi connectivity index (χ2n) is 7.46. The molecule has 24 heavy (non-hydrogen) atoms. The van der Waals surface area contributed by atoms with Gasteiger partial charge in [0.1, 0.15) is 5.60 Å². The Labute approximate surface area is 144 Å². The predicted octanol–water partition coefficient (Wildman–Crippen LogP) is 1.70. The average Bonchev–Trinajstić information content (AvgIpc) is 2.55. The van der Waals surface area contributed by atoms with Gasteiger partial charge in [0.2, 0.25) is 0 Å². The molecule has 0 aromatic carbocycles. The Bertz CT molecular complexity index is 394. The minimum absolute atomic E-state index is 0.0914. The van der Waals surface area contributed by atoms with Crippen LogP contribution in [0.5, 0.6) is 0 Å². The molecule has 2 fully saturated rings.